The number of esters is 1. The van der Waals surface area contributed by atoms with Crippen LogP contribution in [0.1, 0.15) is 29.3 Å². The quantitative estimate of drug-likeness (QED) is 0.768. The Bertz CT molecular complexity index is 513. The molecule has 5 heteroatoms. The number of hydrogen-bond acceptors (Lipinski definition) is 4. The second kappa shape index (κ2) is 6.41. The van der Waals surface area contributed by atoms with Crippen LogP contribution >= 0.6 is 0 Å². The van der Waals surface area contributed by atoms with Gasteiger partial charge >= 0.3 is 5.97 Å². The molecule has 0 aliphatic carbocycles. The first-order chi connectivity index (χ1) is 9.65. The molecule has 0 atom stereocenters. The van der Waals surface area contributed by atoms with E-state index in [9.17, 15) is 9.59 Å². The average molecular weight is 277 g/mol. The standard InChI is InChI=1S/C15H19NO4/c1-3-7-16(10-14(17)19-2)15(18)12-4-5-13-11(9-12)6-8-20-13/h4-5,9H,3,6-8,10H2,1-2H3. The molecule has 108 valence electrons. The van der Waals surface area contributed by atoms with Crippen LogP contribution < -0.4 is 4.74 Å². The van der Waals surface area contributed by atoms with E-state index >= 15 is 0 Å². The molecule has 1 amide bonds. The maximum Gasteiger partial charge on any atom is 0.325 e. The van der Waals surface area contributed by atoms with Gasteiger partial charge in [0, 0.05) is 18.5 Å². The fourth-order valence-corrected chi connectivity index (χ4v) is 2.24. The Balaban J connectivity index is 2.16. The third-order valence-electron chi connectivity index (χ3n) is 3.26. The van der Waals surface area contributed by atoms with E-state index in [2.05, 4.69) is 4.74 Å². The van der Waals surface area contributed by atoms with Crippen LogP contribution in [0, 0.1) is 0 Å². The van der Waals surface area contributed by atoms with Crippen LogP contribution in [0.15, 0.2) is 18.2 Å². The number of ether oxygens (including phenoxy) is 2. The van der Waals surface area contributed by atoms with Crippen molar-refractivity contribution < 1.29 is 19.1 Å². The predicted molar refractivity (Wildman–Crippen MR) is 73.9 cm³/mol. The molecule has 0 radical (unpaired) electrons. The summed E-state index contributed by atoms with van der Waals surface area (Å²) in [6.07, 6.45) is 1.61. The molecular weight excluding hydrogens is 258 g/mol. The van der Waals surface area contributed by atoms with Gasteiger partial charge in [-0.05, 0) is 30.2 Å². The Morgan fingerprint density at radius 3 is 2.90 bits per heavy atom. The maximum absolute atomic E-state index is 12.5. The van der Waals surface area contributed by atoms with E-state index < -0.39 is 5.97 Å². The molecule has 0 N–H and O–H groups in total. The molecule has 2 rings (SSSR count). The van der Waals surface area contributed by atoms with Crippen molar-refractivity contribution in [2.24, 2.45) is 0 Å². The van der Waals surface area contributed by atoms with Crippen molar-refractivity contribution in [2.45, 2.75) is 19.8 Å². The summed E-state index contributed by atoms with van der Waals surface area (Å²) in [4.78, 5) is 25.4. The zero-order valence-electron chi connectivity index (χ0n) is 11.8. The van der Waals surface area contributed by atoms with Gasteiger partial charge in [0.25, 0.3) is 5.91 Å². The maximum atomic E-state index is 12.5. The molecule has 20 heavy (non-hydrogen) atoms. The highest BCUT2D eigenvalue weighted by atomic mass is 16.5. The highest BCUT2D eigenvalue weighted by Gasteiger charge is 2.21. The molecule has 1 heterocycles. The van der Waals surface area contributed by atoms with Crippen molar-refractivity contribution >= 4 is 11.9 Å². The molecule has 0 saturated carbocycles. The van der Waals surface area contributed by atoms with E-state index in [1.807, 2.05) is 19.1 Å². The highest BCUT2D eigenvalue weighted by Crippen LogP contribution is 2.26. The minimum Gasteiger partial charge on any atom is -0.493 e. The van der Waals surface area contributed by atoms with E-state index in [0.29, 0.717) is 18.7 Å². The third-order valence-corrected chi connectivity index (χ3v) is 3.26. The Morgan fingerprint density at radius 1 is 1.40 bits per heavy atom. The van der Waals surface area contributed by atoms with Gasteiger partial charge in [0.2, 0.25) is 0 Å². The van der Waals surface area contributed by atoms with Crippen LogP contribution in [0.5, 0.6) is 5.75 Å². The van der Waals surface area contributed by atoms with Gasteiger partial charge in [-0.3, -0.25) is 9.59 Å². The molecule has 0 bridgehead atoms. The van der Waals surface area contributed by atoms with Crippen LogP contribution in [0.25, 0.3) is 0 Å². The molecule has 1 aromatic carbocycles. The lowest BCUT2D eigenvalue weighted by atomic mass is 10.1. The largest absolute Gasteiger partial charge is 0.493 e. The summed E-state index contributed by atoms with van der Waals surface area (Å²) < 4.78 is 10.1. The monoisotopic (exact) mass is 277 g/mol. The first kappa shape index (κ1) is 14.4. The van der Waals surface area contributed by atoms with Crippen molar-refractivity contribution in [3.05, 3.63) is 29.3 Å². The SMILES string of the molecule is CCCN(CC(=O)OC)C(=O)c1ccc2c(c1)CCO2. The van der Waals surface area contributed by atoms with Crippen molar-refractivity contribution in [3.63, 3.8) is 0 Å². The van der Waals surface area contributed by atoms with Crippen LogP contribution in [-0.2, 0) is 16.0 Å². The Morgan fingerprint density at radius 2 is 2.20 bits per heavy atom. The summed E-state index contributed by atoms with van der Waals surface area (Å²) in [7, 11) is 1.32. The summed E-state index contributed by atoms with van der Waals surface area (Å²) in [5.74, 6) is 0.291. The molecule has 1 aliphatic rings. The fourth-order valence-electron chi connectivity index (χ4n) is 2.24. The lowest BCUT2D eigenvalue weighted by Gasteiger charge is -2.21. The number of fused-ring (bicyclic) bond motifs is 1. The summed E-state index contributed by atoms with van der Waals surface area (Å²) in [5, 5.41) is 0. The van der Waals surface area contributed by atoms with Gasteiger partial charge in [-0.15, -0.1) is 0 Å². The minimum atomic E-state index is -0.406. The van der Waals surface area contributed by atoms with E-state index in [1.54, 1.807) is 6.07 Å². The van der Waals surface area contributed by atoms with E-state index in [-0.39, 0.29) is 12.5 Å². The van der Waals surface area contributed by atoms with E-state index in [0.717, 1.165) is 24.2 Å². The van der Waals surface area contributed by atoms with Crippen molar-refractivity contribution in [1.29, 1.82) is 0 Å². The zero-order valence-corrected chi connectivity index (χ0v) is 11.8. The second-order valence-electron chi connectivity index (χ2n) is 4.72. The molecule has 0 fully saturated rings. The Kier molecular flexibility index (Phi) is 4.61. The topological polar surface area (TPSA) is 55.8 Å². The predicted octanol–water partition coefficient (Wildman–Crippen LogP) is 1.65. The van der Waals surface area contributed by atoms with Crippen LogP contribution in [0.3, 0.4) is 0 Å². The second-order valence-corrected chi connectivity index (χ2v) is 4.72. The Hall–Kier alpha value is -2.04. The van der Waals surface area contributed by atoms with Gasteiger partial charge in [-0.2, -0.15) is 0 Å². The molecule has 0 unspecified atom stereocenters. The summed E-state index contributed by atoms with van der Waals surface area (Å²) >= 11 is 0. The van der Waals surface area contributed by atoms with Gasteiger partial charge in [0.1, 0.15) is 12.3 Å². The highest BCUT2D eigenvalue weighted by molar-refractivity contribution is 5.96. The number of benzene rings is 1. The molecule has 0 saturated heterocycles. The van der Waals surface area contributed by atoms with E-state index in [4.69, 9.17) is 4.74 Å². The molecule has 0 spiro atoms. The number of hydrogen-bond donors (Lipinski definition) is 0. The number of methoxy groups -OCH3 is 1. The van der Waals surface area contributed by atoms with Crippen LogP contribution in [0.2, 0.25) is 0 Å². The lowest BCUT2D eigenvalue weighted by molar-refractivity contribution is -0.141. The molecular formula is C15H19NO4. The normalized spacial score (nSPS) is 12.5. The number of carbonyl (C=O) groups is 2. The first-order valence-electron chi connectivity index (χ1n) is 6.77. The van der Waals surface area contributed by atoms with Gasteiger partial charge in [-0.1, -0.05) is 6.92 Å². The molecule has 1 aliphatic heterocycles. The van der Waals surface area contributed by atoms with E-state index in [1.165, 1.54) is 12.0 Å². The minimum absolute atomic E-state index is 0.0171. The smallest absolute Gasteiger partial charge is 0.325 e. The molecule has 5 nitrogen and oxygen atoms in total. The van der Waals surface area contributed by atoms with Gasteiger partial charge in [0.15, 0.2) is 0 Å². The number of carbonyl (C=O) groups excluding carboxylic acids is 2. The molecule has 0 aromatic heterocycles. The lowest BCUT2D eigenvalue weighted by Crippen LogP contribution is -2.36. The third kappa shape index (κ3) is 3.10. The average Bonchev–Trinajstić information content (AvgIpc) is 2.93. The zero-order chi connectivity index (χ0) is 14.5. The van der Waals surface area contributed by atoms with Gasteiger partial charge in [-0.25, -0.2) is 0 Å². The van der Waals surface area contributed by atoms with Crippen LogP contribution in [-0.4, -0.2) is 43.6 Å². The van der Waals surface area contributed by atoms with Crippen molar-refractivity contribution in [1.82, 2.24) is 4.90 Å². The van der Waals surface area contributed by atoms with Crippen LogP contribution in [0.4, 0.5) is 0 Å². The number of nitrogens with zero attached hydrogens (tertiary/aromatic N) is 1. The van der Waals surface area contributed by atoms with Crippen molar-refractivity contribution in [3.8, 4) is 5.75 Å². The number of amides is 1. The number of rotatable bonds is 5. The molecule has 1 aromatic rings. The Labute approximate surface area is 118 Å². The van der Waals surface area contributed by atoms with Gasteiger partial charge < -0.3 is 14.4 Å². The fraction of sp³-hybridized carbons (Fsp3) is 0.467. The summed E-state index contributed by atoms with van der Waals surface area (Å²) in [6, 6.07) is 5.41. The summed E-state index contributed by atoms with van der Waals surface area (Å²) in [5.41, 5.74) is 1.64. The van der Waals surface area contributed by atoms with Crippen molar-refractivity contribution in [2.75, 3.05) is 26.8 Å². The van der Waals surface area contributed by atoms with Gasteiger partial charge in [0.05, 0.1) is 13.7 Å². The summed E-state index contributed by atoms with van der Waals surface area (Å²) in [6.45, 7) is 3.14. The first-order valence-corrected chi connectivity index (χ1v) is 6.77.